The fraction of sp³-hybridized carbons (Fsp3) is 0.533. The fourth-order valence-electron chi connectivity index (χ4n) is 2.39. The van der Waals surface area contributed by atoms with Crippen molar-refractivity contribution in [3.05, 3.63) is 23.8 Å². The molecule has 1 heterocycles. The van der Waals surface area contributed by atoms with Crippen molar-refractivity contribution >= 4 is 11.6 Å². The predicted molar refractivity (Wildman–Crippen MR) is 77.7 cm³/mol. The summed E-state index contributed by atoms with van der Waals surface area (Å²) in [6.07, 6.45) is 1.44. The molecule has 20 heavy (non-hydrogen) atoms. The summed E-state index contributed by atoms with van der Waals surface area (Å²) in [5.74, 6) is 0.599. The Hall–Kier alpha value is -1.59. The second-order valence-corrected chi connectivity index (χ2v) is 5.07. The quantitative estimate of drug-likeness (QED) is 0.896. The number of nitrogens with zero attached hydrogens (tertiary/aromatic N) is 1. The van der Waals surface area contributed by atoms with Crippen LogP contribution in [0.3, 0.4) is 0 Å². The molecule has 0 saturated heterocycles. The summed E-state index contributed by atoms with van der Waals surface area (Å²) in [5, 5.41) is 0. The third-order valence-corrected chi connectivity index (χ3v) is 3.48. The monoisotopic (exact) mass is 278 g/mol. The highest BCUT2D eigenvalue weighted by Gasteiger charge is 2.31. The normalized spacial score (nSPS) is 19.5. The zero-order valence-corrected chi connectivity index (χ0v) is 12.3. The van der Waals surface area contributed by atoms with Crippen LogP contribution >= 0.6 is 0 Å². The largest absolute Gasteiger partial charge is 0.479 e. The van der Waals surface area contributed by atoms with Crippen LogP contribution in [0.4, 0.5) is 5.69 Å². The Bertz CT molecular complexity index is 490. The first-order valence-electron chi connectivity index (χ1n) is 6.95. The summed E-state index contributed by atoms with van der Waals surface area (Å²) in [7, 11) is 1.57. The summed E-state index contributed by atoms with van der Waals surface area (Å²) >= 11 is 0. The number of anilines is 1. The highest BCUT2D eigenvalue weighted by molar-refractivity contribution is 5.99. The van der Waals surface area contributed by atoms with E-state index in [0.29, 0.717) is 5.75 Å². The molecular weight excluding hydrogens is 256 g/mol. The summed E-state index contributed by atoms with van der Waals surface area (Å²) in [6, 6.07) is 5.75. The average molecular weight is 278 g/mol. The average Bonchev–Trinajstić information content (AvgIpc) is 2.44. The van der Waals surface area contributed by atoms with Gasteiger partial charge in [-0.25, -0.2) is 0 Å². The molecule has 0 aliphatic carbocycles. The highest BCUT2D eigenvalue weighted by atomic mass is 16.5. The Morgan fingerprint density at radius 2 is 2.25 bits per heavy atom. The lowest BCUT2D eigenvalue weighted by molar-refractivity contribution is -0.126. The van der Waals surface area contributed by atoms with Crippen LogP contribution in [0, 0.1) is 0 Å². The zero-order valence-electron chi connectivity index (χ0n) is 12.3. The Balaban J connectivity index is 2.37. The van der Waals surface area contributed by atoms with Crippen LogP contribution < -0.4 is 15.4 Å². The van der Waals surface area contributed by atoms with E-state index in [4.69, 9.17) is 15.2 Å². The van der Waals surface area contributed by atoms with E-state index in [0.717, 1.165) is 24.1 Å². The van der Waals surface area contributed by atoms with Crippen molar-refractivity contribution in [1.82, 2.24) is 0 Å². The van der Waals surface area contributed by atoms with E-state index in [1.54, 1.807) is 18.9 Å². The minimum Gasteiger partial charge on any atom is -0.479 e. The van der Waals surface area contributed by atoms with Crippen molar-refractivity contribution in [2.24, 2.45) is 5.73 Å². The second-order valence-electron chi connectivity index (χ2n) is 5.07. The maximum Gasteiger partial charge on any atom is 0.269 e. The molecule has 2 N–H and O–H groups in total. The molecule has 5 heteroatoms. The topological polar surface area (TPSA) is 64.8 Å². The van der Waals surface area contributed by atoms with E-state index in [2.05, 4.69) is 6.92 Å². The van der Waals surface area contributed by atoms with Crippen LogP contribution in [-0.4, -0.2) is 25.9 Å². The molecule has 2 atom stereocenters. The van der Waals surface area contributed by atoms with Gasteiger partial charge in [0.1, 0.15) is 12.5 Å². The van der Waals surface area contributed by atoms with E-state index < -0.39 is 6.10 Å². The number of amides is 1. The number of methoxy groups -OCH3 is 1. The van der Waals surface area contributed by atoms with Crippen LogP contribution in [0.25, 0.3) is 0 Å². The lowest BCUT2D eigenvalue weighted by atomic mass is 10.0. The molecule has 110 valence electrons. The number of benzene rings is 1. The summed E-state index contributed by atoms with van der Waals surface area (Å²) < 4.78 is 10.8. The van der Waals surface area contributed by atoms with Crippen molar-refractivity contribution in [2.45, 2.75) is 38.8 Å². The minimum atomic E-state index is -0.493. The van der Waals surface area contributed by atoms with Crippen LogP contribution in [0.1, 0.15) is 38.3 Å². The summed E-state index contributed by atoms with van der Waals surface area (Å²) in [6.45, 7) is 4.06. The Labute approximate surface area is 119 Å². The van der Waals surface area contributed by atoms with E-state index >= 15 is 0 Å². The molecule has 1 aromatic carbocycles. The number of hydrogen-bond acceptors (Lipinski definition) is 4. The number of nitrogens with two attached hydrogens (primary N) is 1. The second kappa shape index (κ2) is 6.24. The van der Waals surface area contributed by atoms with Crippen molar-refractivity contribution < 1.29 is 14.3 Å². The van der Waals surface area contributed by atoms with Crippen molar-refractivity contribution in [1.29, 1.82) is 0 Å². The van der Waals surface area contributed by atoms with E-state index in [1.165, 1.54) is 0 Å². The molecule has 2 rings (SSSR count). The molecule has 0 bridgehead atoms. The van der Waals surface area contributed by atoms with Gasteiger partial charge >= 0.3 is 0 Å². The van der Waals surface area contributed by atoms with Gasteiger partial charge in [-0.2, -0.15) is 0 Å². The van der Waals surface area contributed by atoms with E-state index in [9.17, 15) is 4.79 Å². The summed E-state index contributed by atoms with van der Waals surface area (Å²) in [4.78, 5) is 13.8. The number of carbonyl (C=O) groups excluding carboxylic acids is 1. The zero-order chi connectivity index (χ0) is 14.7. The third kappa shape index (κ3) is 2.78. The molecule has 0 aromatic heterocycles. The molecule has 1 aliphatic heterocycles. The SMILES string of the molecule is CCCC(N)c1ccc2c(c1)N(COC)C(=O)C(C)O2. The van der Waals surface area contributed by atoms with Crippen molar-refractivity contribution in [3.63, 3.8) is 0 Å². The first-order chi connectivity index (χ1) is 9.58. The van der Waals surface area contributed by atoms with Crippen LogP contribution in [0.15, 0.2) is 18.2 Å². The standard InChI is InChI=1S/C15H22N2O3/c1-4-5-12(16)11-6-7-14-13(8-11)17(9-19-3)15(18)10(2)20-14/h6-8,10,12H,4-5,9,16H2,1-3H3. The molecule has 1 aromatic rings. The van der Waals surface area contributed by atoms with Gasteiger partial charge in [0.25, 0.3) is 5.91 Å². The number of hydrogen-bond donors (Lipinski definition) is 1. The van der Waals surface area contributed by atoms with Gasteiger partial charge in [-0.3, -0.25) is 9.69 Å². The molecule has 0 saturated carbocycles. The molecule has 2 unspecified atom stereocenters. The fourth-order valence-corrected chi connectivity index (χ4v) is 2.39. The van der Waals surface area contributed by atoms with Gasteiger partial charge in [-0.15, -0.1) is 0 Å². The summed E-state index contributed by atoms with van der Waals surface area (Å²) in [5.41, 5.74) is 7.89. The smallest absolute Gasteiger partial charge is 0.269 e. The lowest BCUT2D eigenvalue weighted by Crippen LogP contribution is -2.45. The van der Waals surface area contributed by atoms with Crippen LogP contribution in [0.5, 0.6) is 5.75 Å². The lowest BCUT2D eigenvalue weighted by Gasteiger charge is -2.33. The Morgan fingerprint density at radius 1 is 1.50 bits per heavy atom. The number of carbonyl (C=O) groups is 1. The van der Waals surface area contributed by atoms with Gasteiger partial charge in [0.15, 0.2) is 6.10 Å². The van der Waals surface area contributed by atoms with Gasteiger partial charge in [0.2, 0.25) is 0 Å². The maximum atomic E-state index is 12.2. The Kier molecular flexibility index (Phi) is 4.62. The van der Waals surface area contributed by atoms with Gasteiger partial charge in [0.05, 0.1) is 5.69 Å². The van der Waals surface area contributed by atoms with Crippen molar-refractivity contribution in [3.8, 4) is 5.75 Å². The molecule has 0 fully saturated rings. The van der Waals surface area contributed by atoms with Gasteiger partial charge in [0, 0.05) is 13.2 Å². The van der Waals surface area contributed by atoms with Crippen LogP contribution in [-0.2, 0) is 9.53 Å². The minimum absolute atomic E-state index is 0.0239. The molecule has 0 spiro atoms. The van der Waals surface area contributed by atoms with Gasteiger partial charge in [-0.05, 0) is 31.0 Å². The first-order valence-corrected chi connectivity index (χ1v) is 6.95. The molecule has 1 aliphatic rings. The number of fused-ring (bicyclic) bond motifs is 1. The molecular formula is C15H22N2O3. The first kappa shape index (κ1) is 14.8. The highest BCUT2D eigenvalue weighted by Crippen LogP contribution is 2.36. The number of ether oxygens (including phenoxy) is 2. The molecule has 5 nitrogen and oxygen atoms in total. The van der Waals surface area contributed by atoms with Gasteiger partial charge in [-0.1, -0.05) is 19.4 Å². The Morgan fingerprint density at radius 3 is 2.90 bits per heavy atom. The maximum absolute atomic E-state index is 12.2. The number of rotatable bonds is 5. The van der Waals surface area contributed by atoms with E-state index in [1.807, 2.05) is 18.2 Å². The van der Waals surface area contributed by atoms with E-state index in [-0.39, 0.29) is 18.7 Å². The predicted octanol–water partition coefficient (Wildman–Crippen LogP) is 2.20. The molecule has 0 radical (unpaired) electrons. The van der Waals surface area contributed by atoms with Crippen LogP contribution in [0.2, 0.25) is 0 Å². The van der Waals surface area contributed by atoms with Crippen molar-refractivity contribution in [2.75, 3.05) is 18.7 Å². The van der Waals surface area contributed by atoms with Gasteiger partial charge < -0.3 is 15.2 Å². The third-order valence-electron chi connectivity index (χ3n) is 3.48. The molecule has 1 amide bonds.